The van der Waals surface area contributed by atoms with Gasteiger partial charge in [-0.3, -0.25) is 15.0 Å². The van der Waals surface area contributed by atoms with E-state index in [0.29, 0.717) is 11.4 Å². The van der Waals surface area contributed by atoms with Crippen molar-refractivity contribution in [2.24, 2.45) is 0 Å². The summed E-state index contributed by atoms with van der Waals surface area (Å²) in [5.74, 6) is 0. The molecule has 52 heavy (non-hydrogen) atoms. The lowest BCUT2D eigenvalue weighted by atomic mass is 9.87. The van der Waals surface area contributed by atoms with Crippen LogP contribution in [0.3, 0.4) is 0 Å². The summed E-state index contributed by atoms with van der Waals surface area (Å²) < 4.78 is 0. The van der Waals surface area contributed by atoms with Gasteiger partial charge in [0, 0.05) is 16.7 Å². The van der Waals surface area contributed by atoms with E-state index in [0.717, 1.165) is 33.8 Å². The van der Waals surface area contributed by atoms with Gasteiger partial charge in [-0.1, -0.05) is 140 Å². The second kappa shape index (κ2) is 11.2. The number of fused-ring (bicyclic) bond motifs is 2. The van der Waals surface area contributed by atoms with Crippen LogP contribution in [0.2, 0.25) is 0 Å². The average Bonchev–Trinajstić information content (AvgIpc) is 3.22. The summed E-state index contributed by atoms with van der Waals surface area (Å²) in [6.45, 7) is 0. The van der Waals surface area contributed by atoms with Gasteiger partial charge < -0.3 is 0 Å². The van der Waals surface area contributed by atoms with Crippen LogP contribution < -0.4 is 0 Å². The number of aromatic nitrogens is 4. The maximum Gasteiger partial charge on any atom is 0.109 e. The van der Waals surface area contributed by atoms with Crippen LogP contribution in [0.15, 0.2) is 170 Å². The summed E-state index contributed by atoms with van der Waals surface area (Å²) in [5, 5.41) is 15.0. The van der Waals surface area contributed by atoms with E-state index in [2.05, 4.69) is 115 Å². The second-order valence-electron chi connectivity index (χ2n) is 13.4. The third-order valence-corrected chi connectivity index (χ3v) is 10.5. The molecule has 0 spiro atoms. The van der Waals surface area contributed by atoms with Crippen molar-refractivity contribution in [1.82, 2.24) is 19.9 Å². The topological polar surface area (TPSA) is 51.6 Å². The van der Waals surface area contributed by atoms with E-state index in [1.165, 1.54) is 64.6 Å². The normalized spacial score (nSPS) is 11.8. The Morgan fingerprint density at radius 3 is 1.35 bits per heavy atom. The Morgan fingerprint density at radius 2 is 0.769 bits per heavy atom. The van der Waals surface area contributed by atoms with Crippen LogP contribution in [0.25, 0.3) is 110 Å². The predicted molar refractivity (Wildman–Crippen MR) is 216 cm³/mol. The highest BCUT2D eigenvalue weighted by Crippen LogP contribution is 2.44. The van der Waals surface area contributed by atoms with Gasteiger partial charge in [-0.15, -0.1) is 0 Å². The van der Waals surface area contributed by atoms with Gasteiger partial charge in [0.1, 0.15) is 11.4 Å². The molecule has 0 N–H and O–H groups in total. The van der Waals surface area contributed by atoms with Crippen LogP contribution in [0.5, 0.6) is 0 Å². The summed E-state index contributed by atoms with van der Waals surface area (Å²) in [6.07, 6.45) is 5.48. The first-order valence-electron chi connectivity index (χ1n) is 17.5. The molecule has 2 aromatic heterocycles. The standard InChI is InChI=1S/C48H28N4/c1-3-10-32(11-4-1)47-48(33-12-5-2-6-13-33)52-42(28-51-47)41-27-49-40(26-50-41)35-24-34-23-22-31-15-8-18-37-36-17-7-14-29-20-21-30-16-9-19-38(45(30)43(29)36)39(25-35)46(34)44(31)37/h1-28H. The van der Waals surface area contributed by atoms with Crippen molar-refractivity contribution >= 4 is 64.6 Å². The molecule has 0 saturated heterocycles. The Balaban J connectivity index is 1.12. The van der Waals surface area contributed by atoms with Crippen molar-refractivity contribution in [1.29, 1.82) is 0 Å². The first-order valence-corrected chi connectivity index (χ1v) is 17.5. The quantitative estimate of drug-likeness (QED) is 0.176. The molecular formula is C48H28N4. The van der Waals surface area contributed by atoms with Crippen LogP contribution in [0, 0.1) is 0 Å². The van der Waals surface area contributed by atoms with Crippen molar-refractivity contribution < 1.29 is 0 Å². The van der Waals surface area contributed by atoms with E-state index < -0.39 is 0 Å². The van der Waals surface area contributed by atoms with Crippen molar-refractivity contribution in [2.45, 2.75) is 0 Å². The fraction of sp³-hybridized carbons (Fsp3) is 0. The maximum absolute atomic E-state index is 5.11. The minimum atomic E-state index is 0.673. The smallest absolute Gasteiger partial charge is 0.109 e. The van der Waals surface area contributed by atoms with Crippen molar-refractivity contribution in [3.63, 3.8) is 0 Å². The van der Waals surface area contributed by atoms with E-state index in [1.807, 2.05) is 48.8 Å². The van der Waals surface area contributed by atoms with Crippen molar-refractivity contribution in [3.8, 4) is 45.2 Å². The highest BCUT2D eigenvalue weighted by Gasteiger charge is 2.18. The van der Waals surface area contributed by atoms with E-state index in [4.69, 9.17) is 19.9 Å². The summed E-state index contributed by atoms with van der Waals surface area (Å²) >= 11 is 0. The van der Waals surface area contributed by atoms with Gasteiger partial charge in [-0.05, 0) is 76.8 Å². The number of benzene rings is 8. The molecule has 11 aromatic rings. The number of rotatable bonds is 4. The van der Waals surface area contributed by atoms with Gasteiger partial charge in [-0.25, -0.2) is 4.98 Å². The third-order valence-electron chi connectivity index (χ3n) is 10.5. The molecule has 0 radical (unpaired) electrons. The lowest BCUT2D eigenvalue weighted by Crippen LogP contribution is -1.98. The minimum Gasteiger partial charge on any atom is -0.252 e. The average molecular weight is 661 g/mol. The molecular weight excluding hydrogens is 633 g/mol. The SMILES string of the molecule is c1ccc(-c2ncc(-c3cnc(-c4cc5ccc6cccc7c8cccc9ccc%10cccc(c(c4)c5c67)c%10c98)cn3)nc2-c2ccccc2)cc1. The van der Waals surface area contributed by atoms with Gasteiger partial charge in [0.05, 0.1) is 35.7 Å². The van der Waals surface area contributed by atoms with Crippen molar-refractivity contribution in [2.75, 3.05) is 0 Å². The molecule has 0 aliphatic rings. The molecule has 0 saturated carbocycles. The highest BCUT2D eigenvalue weighted by molar-refractivity contribution is 6.37. The third kappa shape index (κ3) is 4.34. The van der Waals surface area contributed by atoms with E-state index in [9.17, 15) is 0 Å². The fourth-order valence-corrected chi connectivity index (χ4v) is 8.16. The number of hydrogen-bond donors (Lipinski definition) is 0. The monoisotopic (exact) mass is 660 g/mol. The fourth-order valence-electron chi connectivity index (χ4n) is 8.16. The lowest BCUT2D eigenvalue weighted by Gasteiger charge is -2.17. The molecule has 0 unspecified atom stereocenters. The molecule has 2 heterocycles. The molecule has 0 amide bonds. The molecule has 4 nitrogen and oxygen atoms in total. The summed E-state index contributed by atoms with van der Waals surface area (Å²) in [5.41, 5.74) is 6.84. The molecule has 0 aliphatic heterocycles. The zero-order valence-corrected chi connectivity index (χ0v) is 28.0. The number of hydrogen-bond acceptors (Lipinski definition) is 4. The zero-order chi connectivity index (χ0) is 34.2. The summed E-state index contributed by atoms with van der Waals surface area (Å²) in [7, 11) is 0. The Hall–Kier alpha value is -7.04. The number of nitrogens with zero attached hydrogens (tertiary/aromatic N) is 4. The van der Waals surface area contributed by atoms with Crippen LogP contribution in [-0.4, -0.2) is 19.9 Å². The molecule has 0 aliphatic carbocycles. The Labute approximate surface area is 299 Å². The second-order valence-corrected chi connectivity index (χ2v) is 13.4. The Bertz CT molecular complexity index is 3150. The van der Waals surface area contributed by atoms with E-state index in [1.54, 1.807) is 6.20 Å². The Morgan fingerprint density at radius 1 is 0.288 bits per heavy atom. The van der Waals surface area contributed by atoms with Gasteiger partial charge in [-0.2, -0.15) is 0 Å². The minimum absolute atomic E-state index is 0.673. The predicted octanol–water partition coefficient (Wildman–Crippen LogP) is 12.3. The first kappa shape index (κ1) is 28.8. The summed E-state index contributed by atoms with van der Waals surface area (Å²) in [4.78, 5) is 19.9. The zero-order valence-electron chi connectivity index (χ0n) is 28.0. The lowest BCUT2D eigenvalue weighted by molar-refractivity contribution is 1.15. The molecule has 0 atom stereocenters. The molecule has 4 heteroatoms. The van der Waals surface area contributed by atoms with Crippen LogP contribution in [0.1, 0.15) is 0 Å². The van der Waals surface area contributed by atoms with E-state index >= 15 is 0 Å². The van der Waals surface area contributed by atoms with Gasteiger partial charge in [0.2, 0.25) is 0 Å². The van der Waals surface area contributed by atoms with Gasteiger partial charge in [0.15, 0.2) is 0 Å². The van der Waals surface area contributed by atoms with Crippen LogP contribution >= 0.6 is 0 Å². The molecule has 9 aromatic carbocycles. The van der Waals surface area contributed by atoms with Crippen LogP contribution in [0.4, 0.5) is 0 Å². The first-order chi connectivity index (χ1) is 25.8. The largest absolute Gasteiger partial charge is 0.252 e. The van der Waals surface area contributed by atoms with Gasteiger partial charge >= 0.3 is 0 Å². The maximum atomic E-state index is 5.11. The summed E-state index contributed by atoms with van der Waals surface area (Å²) in [6, 6.07) is 54.0. The Kier molecular flexibility index (Phi) is 6.22. The van der Waals surface area contributed by atoms with E-state index in [-0.39, 0.29) is 0 Å². The molecule has 240 valence electrons. The van der Waals surface area contributed by atoms with Crippen LogP contribution in [-0.2, 0) is 0 Å². The van der Waals surface area contributed by atoms with Gasteiger partial charge in [0.25, 0.3) is 0 Å². The molecule has 0 bridgehead atoms. The molecule has 11 rings (SSSR count). The highest BCUT2D eigenvalue weighted by atomic mass is 14.9. The van der Waals surface area contributed by atoms with Crippen molar-refractivity contribution in [3.05, 3.63) is 170 Å². The molecule has 0 fully saturated rings.